The Labute approximate surface area is 196 Å². The lowest BCUT2D eigenvalue weighted by Gasteiger charge is -2.12. The van der Waals surface area contributed by atoms with Gasteiger partial charge in [-0.3, -0.25) is 0 Å². The Balaban J connectivity index is 1.49. The van der Waals surface area contributed by atoms with Gasteiger partial charge in [0.2, 0.25) is 5.95 Å². The van der Waals surface area contributed by atoms with Crippen LogP contribution in [0.2, 0.25) is 0 Å². The van der Waals surface area contributed by atoms with Crippen LogP contribution in [0, 0.1) is 0 Å². The molecule has 3 aromatic heterocycles. The zero-order valence-electron chi connectivity index (χ0n) is 18.1. The minimum Gasteiger partial charge on any atom is -0.415 e. The molecule has 10 nitrogen and oxygen atoms in total. The molecular formula is C23H19F2N7O3. The molecule has 35 heavy (non-hydrogen) atoms. The maximum atomic E-state index is 12.7. The van der Waals surface area contributed by atoms with Gasteiger partial charge in [0.1, 0.15) is 0 Å². The second kappa shape index (κ2) is 9.52. The zero-order chi connectivity index (χ0) is 24.4. The van der Waals surface area contributed by atoms with E-state index in [9.17, 15) is 19.0 Å². The molecule has 0 saturated heterocycles. The highest BCUT2D eigenvalue weighted by molar-refractivity contribution is 5.95. The van der Waals surface area contributed by atoms with Crippen LogP contribution in [0.3, 0.4) is 0 Å². The molecule has 5 rings (SSSR count). The van der Waals surface area contributed by atoms with E-state index in [-0.39, 0.29) is 25.0 Å². The summed E-state index contributed by atoms with van der Waals surface area (Å²) in [7, 11) is 0. The van der Waals surface area contributed by atoms with E-state index >= 15 is 0 Å². The zero-order valence-corrected chi connectivity index (χ0v) is 18.1. The first-order chi connectivity index (χ1) is 17.0. The van der Waals surface area contributed by atoms with Crippen molar-refractivity contribution in [3.8, 4) is 22.6 Å². The van der Waals surface area contributed by atoms with Crippen molar-refractivity contribution in [2.75, 3.05) is 11.9 Å². The van der Waals surface area contributed by atoms with Gasteiger partial charge in [-0.1, -0.05) is 30.3 Å². The van der Waals surface area contributed by atoms with E-state index in [4.69, 9.17) is 4.42 Å². The average molecular weight is 479 g/mol. The quantitative estimate of drug-likeness (QED) is 0.305. The second-order valence-electron chi connectivity index (χ2n) is 7.66. The normalized spacial score (nSPS) is 12.4. The number of aliphatic hydroxyl groups is 2. The van der Waals surface area contributed by atoms with Crippen molar-refractivity contribution in [2.45, 2.75) is 19.1 Å². The molecule has 0 amide bonds. The van der Waals surface area contributed by atoms with Gasteiger partial charge in [0.25, 0.3) is 11.8 Å². The number of benzene rings is 2. The number of alkyl halides is 2. The Bertz CT molecular complexity index is 1440. The van der Waals surface area contributed by atoms with Crippen LogP contribution in [0.25, 0.3) is 33.6 Å². The number of hydrogen-bond donors (Lipinski definition) is 3. The van der Waals surface area contributed by atoms with E-state index in [1.165, 1.54) is 12.4 Å². The van der Waals surface area contributed by atoms with Crippen molar-refractivity contribution >= 4 is 22.7 Å². The predicted octanol–water partition coefficient (Wildman–Crippen LogP) is 3.58. The Morgan fingerprint density at radius 3 is 2.46 bits per heavy atom. The fourth-order valence-electron chi connectivity index (χ4n) is 3.58. The summed E-state index contributed by atoms with van der Waals surface area (Å²) in [5.74, 6) is -0.625. The van der Waals surface area contributed by atoms with Crippen molar-refractivity contribution in [1.82, 2.24) is 29.7 Å². The third kappa shape index (κ3) is 4.69. The molecule has 3 N–H and O–H groups in total. The van der Waals surface area contributed by atoms with Gasteiger partial charge < -0.3 is 24.5 Å². The molecule has 0 aliphatic rings. The van der Waals surface area contributed by atoms with E-state index in [0.29, 0.717) is 11.3 Å². The van der Waals surface area contributed by atoms with Crippen LogP contribution in [-0.4, -0.2) is 52.6 Å². The van der Waals surface area contributed by atoms with Crippen molar-refractivity contribution in [3.63, 3.8) is 0 Å². The van der Waals surface area contributed by atoms with Gasteiger partial charge in [0.15, 0.2) is 0 Å². The Morgan fingerprint density at radius 2 is 1.77 bits per heavy atom. The highest BCUT2D eigenvalue weighted by atomic mass is 19.3. The van der Waals surface area contributed by atoms with Gasteiger partial charge in [-0.15, -0.1) is 10.2 Å². The van der Waals surface area contributed by atoms with Crippen LogP contribution in [0.1, 0.15) is 12.3 Å². The third-order valence-corrected chi connectivity index (χ3v) is 5.21. The smallest absolute Gasteiger partial charge is 0.314 e. The van der Waals surface area contributed by atoms with E-state index in [0.717, 1.165) is 22.2 Å². The van der Waals surface area contributed by atoms with Crippen molar-refractivity contribution < 1.29 is 23.4 Å². The number of rotatable bonds is 8. The highest BCUT2D eigenvalue weighted by Crippen LogP contribution is 2.32. The van der Waals surface area contributed by atoms with Gasteiger partial charge in [0.05, 0.1) is 42.2 Å². The maximum Gasteiger partial charge on any atom is 0.314 e. The number of hydrogen-bond acceptors (Lipinski definition) is 9. The topological polar surface area (TPSA) is 135 Å². The standard InChI is InChI=1S/C23H19F2N7O3/c24-20(25)22-31-30-21(35-22)14-8-26-23(27-9-14)29-15-6-17(13-4-2-1-3-5-13)19-18(7-15)32(12-28-19)10-16(34)11-33/h1-9,12,16,20,33-34H,10-11H2,(H,26,27,29). The molecule has 0 fully saturated rings. The lowest BCUT2D eigenvalue weighted by atomic mass is 10.0. The van der Waals surface area contributed by atoms with Crippen LogP contribution >= 0.6 is 0 Å². The fourth-order valence-corrected chi connectivity index (χ4v) is 3.58. The molecule has 2 aromatic carbocycles. The molecule has 12 heteroatoms. The first-order valence-electron chi connectivity index (χ1n) is 10.6. The molecule has 0 aliphatic heterocycles. The van der Waals surface area contributed by atoms with Crippen molar-refractivity contribution in [2.24, 2.45) is 0 Å². The Kier molecular flexibility index (Phi) is 6.12. The predicted molar refractivity (Wildman–Crippen MR) is 122 cm³/mol. The number of halogens is 2. The number of nitrogens with zero attached hydrogens (tertiary/aromatic N) is 6. The number of anilines is 2. The Morgan fingerprint density at radius 1 is 1.00 bits per heavy atom. The summed E-state index contributed by atoms with van der Waals surface area (Å²) in [6.07, 6.45) is 0.588. The van der Waals surface area contributed by atoms with Gasteiger partial charge >= 0.3 is 6.43 Å². The lowest BCUT2D eigenvalue weighted by molar-refractivity contribution is 0.0821. The van der Waals surface area contributed by atoms with E-state index in [1.54, 1.807) is 10.9 Å². The van der Waals surface area contributed by atoms with E-state index in [1.807, 2.05) is 42.5 Å². The molecule has 3 heterocycles. The molecule has 178 valence electrons. The molecule has 1 atom stereocenters. The third-order valence-electron chi connectivity index (χ3n) is 5.21. The maximum absolute atomic E-state index is 12.7. The average Bonchev–Trinajstić information content (AvgIpc) is 3.53. The number of aliphatic hydroxyl groups excluding tert-OH is 2. The summed E-state index contributed by atoms with van der Waals surface area (Å²) in [4.78, 5) is 13.0. The molecule has 5 aromatic rings. The lowest BCUT2D eigenvalue weighted by Crippen LogP contribution is -2.19. The summed E-state index contributed by atoms with van der Waals surface area (Å²) in [5, 5.41) is 29.2. The van der Waals surface area contributed by atoms with E-state index < -0.39 is 18.4 Å². The minimum absolute atomic E-state index is 0.106. The molecule has 0 radical (unpaired) electrons. The summed E-state index contributed by atoms with van der Waals surface area (Å²) in [6, 6.07) is 13.4. The monoisotopic (exact) mass is 479 g/mol. The number of fused-ring (bicyclic) bond motifs is 1. The number of imidazole rings is 1. The molecule has 0 saturated carbocycles. The summed E-state index contributed by atoms with van der Waals surface area (Å²) < 4.78 is 32.1. The van der Waals surface area contributed by atoms with Crippen molar-refractivity contribution in [1.29, 1.82) is 0 Å². The first kappa shape index (κ1) is 22.5. The summed E-state index contributed by atoms with van der Waals surface area (Å²) in [5.41, 5.74) is 4.22. The summed E-state index contributed by atoms with van der Waals surface area (Å²) in [6.45, 7) is -0.205. The molecule has 0 bridgehead atoms. The minimum atomic E-state index is -2.86. The van der Waals surface area contributed by atoms with Gasteiger partial charge in [-0.05, 0) is 17.7 Å². The van der Waals surface area contributed by atoms with Crippen LogP contribution in [0.5, 0.6) is 0 Å². The van der Waals surface area contributed by atoms with Crippen LogP contribution in [0.15, 0.2) is 65.6 Å². The number of nitrogens with one attached hydrogen (secondary N) is 1. The summed E-state index contributed by atoms with van der Waals surface area (Å²) >= 11 is 0. The van der Waals surface area contributed by atoms with Crippen LogP contribution < -0.4 is 5.32 Å². The van der Waals surface area contributed by atoms with Crippen LogP contribution in [0.4, 0.5) is 20.4 Å². The van der Waals surface area contributed by atoms with Gasteiger partial charge in [-0.2, -0.15) is 8.78 Å². The van der Waals surface area contributed by atoms with Gasteiger partial charge in [-0.25, -0.2) is 15.0 Å². The highest BCUT2D eigenvalue weighted by Gasteiger charge is 2.18. The largest absolute Gasteiger partial charge is 0.415 e. The molecular weight excluding hydrogens is 460 g/mol. The second-order valence-corrected chi connectivity index (χ2v) is 7.66. The molecule has 0 aliphatic carbocycles. The number of aromatic nitrogens is 6. The molecule has 0 spiro atoms. The Hall–Kier alpha value is -4.29. The SMILES string of the molecule is OCC(O)Cn1cnc2c(-c3ccccc3)cc(Nc3ncc(-c4nnc(C(F)F)o4)cn3)cc21. The van der Waals surface area contributed by atoms with Crippen LogP contribution in [-0.2, 0) is 6.54 Å². The fraction of sp³-hybridized carbons (Fsp3) is 0.174. The van der Waals surface area contributed by atoms with Crippen molar-refractivity contribution in [3.05, 3.63) is 67.1 Å². The van der Waals surface area contributed by atoms with E-state index in [2.05, 4.69) is 30.5 Å². The van der Waals surface area contributed by atoms with Gasteiger partial charge in [0, 0.05) is 23.6 Å². The first-order valence-corrected chi connectivity index (χ1v) is 10.6. The molecule has 1 unspecified atom stereocenters.